The van der Waals surface area contributed by atoms with E-state index in [0.717, 1.165) is 5.56 Å². The van der Waals surface area contributed by atoms with Gasteiger partial charge in [0.05, 0.1) is 6.20 Å². The van der Waals surface area contributed by atoms with Gasteiger partial charge in [0.2, 0.25) is 0 Å². The number of benzene rings is 1. The number of aromatic nitrogens is 3. The lowest BCUT2D eigenvalue weighted by molar-refractivity contribution is 0.0684. The van der Waals surface area contributed by atoms with Gasteiger partial charge in [-0.2, -0.15) is 15.4 Å². The number of H-pyrrole nitrogens is 1. The number of nitrogens with two attached hydrogens (primary N) is 1. The van der Waals surface area contributed by atoms with Crippen molar-refractivity contribution in [3.05, 3.63) is 41.7 Å². The van der Waals surface area contributed by atoms with Crippen LogP contribution in [-0.2, 0) is 6.54 Å². The number of rotatable bonds is 4. The first kappa shape index (κ1) is 13.1. The summed E-state index contributed by atoms with van der Waals surface area (Å²) in [5.41, 5.74) is 7.83. The second-order valence-corrected chi connectivity index (χ2v) is 4.58. The zero-order chi connectivity index (χ0) is 13.8. The fourth-order valence-electron chi connectivity index (χ4n) is 1.80. The number of carbonyl (C=O) groups excluding carboxylic acids is 1. The van der Waals surface area contributed by atoms with Crippen molar-refractivity contribution in [2.75, 3.05) is 5.73 Å². The Balaban J connectivity index is 2.22. The van der Waals surface area contributed by atoms with E-state index in [2.05, 4.69) is 15.4 Å². The summed E-state index contributed by atoms with van der Waals surface area (Å²) in [6.07, 6.45) is 1.42. The molecule has 3 N–H and O–H groups in total. The monoisotopic (exact) mass is 259 g/mol. The van der Waals surface area contributed by atoms with Crippen molar-refractivity contribution in [3.8, 4) is 0 Å². The Kier molecular flexibility index (Phi) is 3.79. The summed E-state index contributed by atoms with van der Waals surface area (Å²) in [6, 6.07) is 7.57. The van der Waals surface area contributed by atoms with E-state index in [0.29, 0.717) is 17.9 Å². The lowest BCUT2D eigenvalue weighted by Crippen LogP contribution is -2.36. The number of hydrogen-bond acceptors (Lipinski definition) is 4. The Hall–Kier alpha value is -2.37. The molecule has 0 aliphatic carbocycles. The molecular weight excluding hydrogens is 242 g/mol. The summed E-state index contributed by atoms with van der Waals surface area (Å²) in [5, 5.41) is 9.93. The van der Waals surface area contributed by atoms with Crippen LogP contribution in [0.15, 0.2) is 30.5 Å². The third kappa shape index (κ3) is 2.90. The zero-order valence-corrected chi connectivity index (χ0v) is 11.0. The number of para-hydroxylation sites is 1. The van der Waals surface area contributed by atoms with Gasteiger partial charge in [0, 0.05) is 18.3 Å². The molecule has 0 spiro atoms. The maximum absolute atomic E-state index is 12.3. The number of nitrogens with one attached hydrogen (secondary N) is 1. The molecule has 0 radical (unpaired) electrons. The molecule has 0 unspecified atom stereocenters. The molecule has 6 nitrogen and oxygen atoms in total. The van der Waals surface area contributed by atoms with Crippen LogP contribution < -0.4 is 5.73 Å². The van der Waals surface area contributed by atoms with Crippen molar-refractivity contribution in [2.24, 2.45) is 0 Å². The fourth-order valence-corrected chi connectivity index (χ4v) is 1.80. The Bertz CT molecular complexity index is 550. The van der Waals surface area contributed by atoms with Crippen LogP contribution in [0.5, 0.6) is 0 Å². The van der Waals surface area contributed by atoms with E-state index in [9.17, 15) is 4.79 Å². The van der Waals surface area contributed by atoms with E-state index in [1.807, 2.05) is 38.1 Å². The smallest absolute Gasteiger partial charge is 0.276 e. The molecule has 0 atom stereocenters. The van der Waals surface area contributed by atoms with Crippen LogP contribution in [0.4, 0.5) is 5.69 Å². The topological polar surface area (TPSA) is 87.9 Å². The molecule has 100 valence electrons. The van der Waals surface area contributed by atoms with E-state index in [-0.39, 0.29) is 11.9 Å². The predicted octanol–water partition coefficient (Wildman–Crippen LogP) is 1.44. The molecule has 0 saturated carbocycles. The molecule has 1 aromatic carbocycles. The number of aromatic amines is 1. The molecule has 1 heterocycles. The van der Waals surface area contributed by atoms with Crippen LogP contribution in [0.25, 0.3) is 0 Å². The van der Waals surface area contributed by atoms with Gasteiger partial charge in [0.15, 0.2) is 5.69 Å². The molecule has 0 aliphatic rings. The van der Waals surface area contributed by atoms with Crippen molar-refractivity contribution < 1.29 is 4.79 Å². The maximum atomic E-state index is 12.3. The van der Waals surface area contributed by atoms with Crippen LogP contribution in [-0.4, -0.2) is 32.3 Å². The molecule has 6 heteroatoms. The van der Waals surface area contributed by atoms with Gasteiger partial charge in [-0.05, 0) is 25.5 Å². The van der Waals surface area contributed by atoms with Crippen LogP contribution in [0, 0.1) is 0 Å². The molecule has 0 fully saturated rings. The van der Waals surface area contributed by atoms with Gasteiger partial charge in [-0.15, -0.1) is 0 Å². The van der Waals surface area contributed by atoms with E-state index < -0.39 is 0 Å². The Morgan fingerprint density at radius 2 is 2.16 bits per heavy atom. The first-order valence-corrected chi connectivity index (χ1v) is 6.09. The summed E-state index contributed by atoms with van der Waals surface area (Å²) in [5.74, 6) is -0.160. The highest BCUT2D eigenvalue weighted by Crippen LogP contribution is 2.16. The third-order valence-corrected chi connectivity index (χ3v) is 2.91. The Labute approximate surface area is 111 Å². The number of hydrogen-bond donors (Lipinski definition) is 2. The highest BCUT2D eigenvalue weighted by molar-refractivity contribution is 5.92. The van der Waals surface area contributed by atoms with Gasteiger partial charge in [-0.3, -0.25) is 4.79 Å². The van der Waals surface area contributed by atoms with E-state index >= 15 is 0 Å². The summed E-state index contributed by atoms with van der Waals surface area (Å²) < 4.78 is 0. The highest BCUT2D eigenvalue weighted by Gasteiger charge is 2.21. The van der Waals surface area contributed by atoms with Crippen molar-refractivity contribution in [1.29, 1.82) is 0 Å². The quantitative estimate of drug-likeness (QED) is 0.813. The average Bonchev–Trinajstić information content (AvgIpc) is 2.90. The number of anilines is 1. The molecule has 2 rings (SSSR count). The normalized spacial score (nSPS) is 10.7. The molecule has 19 heavy (non-hydrogen) atoms. The summed E-state index contributed by atoms with van der Waals surface area (Å²) in [4.78, 5) is 14.0. The molecule has 2 aromatic rings. The number of amides is 1. The van der Waals surface area contributed by atoms with E-state index in [1.165, 1.54) is 6.20 Å². The first-order chi connectivity index (χ1) is 9.09. The fraction of sp³-hybridized carbons (Fsp3) is 0.308. The first-order valence-electron chi connectivity index (χ1n) is 6.09. The lowest BCUT2D eigenvalue weighted by atomic mass is 10.1. The van der Waals surface area contributed by atoms with Crippen LogP contribution in [0.1, 0.15) is 29.9 Å². The minimum absolute atomic E-state index is 0.0452. The summed E-state index contributed by atoms with van der Waals surface area (Å²) in [6.45, 7) is 4.37. The number of nitrogens with zero attached hydrogens (tertiary/aromatic N) is 3. The maximum Gasteiger partial charge on any atom is 0.276 e. The molecule has 0 bridgehead atoms. The molecule has 0 aliphatic heterocycles. The summed E-state index contributed by atoms with van der Waals surface area (Å²) >= 11 is 0. The highest BCUT2D eigenvalue weighted by atomic mass is 16.2. The SMILES string of the molecule is CC(C)N(Cc1ccccc1N)C(=O)c1cn[nH]n1. The van der Waals surface area contributed by atoms with Crippen LogP contribution in [0.2, 0.25) is 0 Å². The molecule has 1 aromatic heterocycles. The van der Waals surface area contributed by atoms with Crippen molar-refractivity contribution in [2.45, 2.75) is 26.4 Å². The van der Waals surface area contributed by atoms with Crippen molar-refractivity contribution in [3.63, 3.8) is 0 Å². The second kappa shape index (κ2) is 5.51. The van der Waals surface area contributed by atoms with Crippen molar-refractivity contribution >= 4 is 11.6 Å². The third-order valence-electron chi connectivity index (χ3n) is 2.91. The molecular formula is C13H17N5O. The molecule has 1 amide bonds. The van der Waals surface area contributed by atoms with Crippen molar-refractivity contribution in [1.82, 2.24) is 20.3 Å². The largest absolute Gasteiger partial charge is 0.398 e. The molecule has 0 saturated heterocycles. The van der Waals surface area contributed by atoms with Crippen LogP contribution >= 0.6 is 0 Å². The van der Waals surface area contributed by atoms with Gasteiger partial charge in [0.25, 0.3) is 5.91 Å². The van der Waals surface area contributed by atoms with E-state index in [4.69, 9.17) is 5.73 Å². The van der Waals surface area contributed by atoms with E-state index in [1.54, 1.807) is 4.90 Å². The summed E-state index contributed by atoms with van der Waals surface area (Å²) in [7, 11) is 0. The number of carbonyl (C=O) groups is 1. The number of nitrogen functional groups attached to an aromatic ring is 1. The van der Waals surface area contributed by atoms with Gasteiger partial charge < -0.3 is 10.6 Å². The van der Waals surface area contributed by atoms with Gasteiger partial charge >= 0.3 is 0 Å². The Morgan fingerprint density at radius 3 is 2.74 bits per heavy atom. The van der Waals surface area contributed by atoms with Crippen LogP contribution in [0.3, 0.4) is 0 Å². The van der Waals surface area contributed by atoms with Gasteiger partial charge in [0.1, 0.15) is 0 Å². The predicted molar refractivity (Wildman–Crippen MR) is 72.2 cm³/mol. The average molecular weight is 259 g/mol. The van der Waals surface area contributed by atoms with Gasteiger partial charge in [-0.25, -0.2) is 0 Å². The Morgan fingerprint density at radius 1 is 1.42 bits per heavy atom. The van der Waals surface area contributed by atoms with Gasteiger partial charge in [-0.1, -0.05) is 18.2 Å². The zero-order valence-electron chi connectivity index (χ0n) is 11.0. The second-order valence-electron chi connectivity index (χ2n) is 4.58. The standard InChI is InChI=1S/C13H17N5O/c1-9(2)18(13(19)12-7-15-17-16-12)8-10-5-3-4-6-11(10)14/h3-7,9H,8,14H2,1-2H3,(H,15,16,17). The minimum atomic E-state index is -0.160. The lowest BCUT2D eigenvalue weighted by Gasteiger charge is -2.26. The minimum Gasteiger partial charge on any atom is -0.398 e.